The Morgan fingerprint density at radius 1 is 1.12 bits per heavy atom. The molecule has 1 aliphatic rings. The van der Waals surface area contributed by atoms with Crippen molar-refractivity contribution in [3.05, 3.63) is 62.4 Å². The number of hydrogen-bond donors (Lipinski definition) is 1. The van der Waals surface area contributed by atoms with E-state index < -0.39 is 0 Å². The van der Waals surface area contributed by atoms with Gasteiger partial charge in [0, 0.05) is 14.9 Å². The minimum atomic E-state index is -0.168. The summed E-state index contributed by atoms with van der Waals surface area (Å²) in [5.41, 5.74) is 2.40. The van der Waals surface area contributed by atoms with Crippen molar-refractivity contribution in [3.63, 3.8) is 0 Å². The predicted octanol–water partition coefficient (Wildman–Crippen LogP) is 5.67. The minimum Gasteiger partial charge on any atom is -0.312 e. The van der Waals surface area contributed by atoms with E-state index >= 15 is 0 Å². The first kappa shape index (κ1) is 16.3. The van der Waals surface area contributed by atoms with Gasteiger partial charge in [-0.05, 0) is 54.2 Å². The van der Waals surface area contributed by atoms with Crippen molar-refractivity contribution in [2.45, 2.75) is 25.7 Å². The number of carbonyl (C=O) groups excluding carboxylic acids is 1. The highest BCUT2D eigenvalue weighted by Gasteiger charge is 2.22. The van der Waals surface area contributed by atoms with Crippen molar-refractivity contribution in [3.8, 4) is 6.07 Å². The first-order chi connectivity index (χ1) is 12.2. The third-order valence-electron chi connectivity index (χ3n) is 4.62. The lowest BCUT2D eigenvalue weighted by molar-refractivity contribution is 0.102. The maximum Gasteiger partial charge on any atom is 0.256 e. The van der Waals surface area contributed by atoms with E-state index in [0.29, 0.717) is 16.1 Å². The lowest BCUT2D eigenvalue weighted by Gasteiger charge is -2.09. The molecule has 124 valence electrons. The van der Waals surface area contributed by atoms with Gasteiger partial charge in [0.05, 0.1) is 5.56 Å². The number of hydrogen-bond acceptors (Lipinski definition) is 3. The molecule has 0 atom stereocenters. The molecular weight excluding hydrogens is 396 g/mol. The number of amides is 1. The van der Waals surface area contributed by atoms with E-state index in [-0.39, 0.29) is 5.91 Å². The normalized spacial score (nSPS) is 13.3. The fourth-order valence-corrected chi connectivity index (χ4v) is 5.15. The molecule has 0 saturated carbocycles. The number of rotatable bonds is 2. The number of aryl methyl sites for hydroxylation is 1. The van der Waals surface area contributed by atoms with Crippen molar-refractivity contribution in [2.24, 2.45) is 0 Å². The summed E-state index contributed by atoms with van der Waals surface area (Å²) in [6.07, 6.45) is 4.21. The highest BCUT2D eigenvalue weighted by atomic mass is 79.9. The van der Waals surface area contributed by atoms with E-state index in [2.05, 4.69) is 27.3 Å². The Morgan fingerprint density at radius 3 is 2.72 bits per heavy atom. The van der Waals surface area contributed by atoms with Gasteiger partial charge in [0.1, 0.15) is 11.1 Å². The van der Waals surface area contributed by atoms with Gasteiger partial charge in [-0.3, -0.25) is 4.79 Å². The molecular formula is C20H15BrN2OS. The van der Waals surface area contributed by atoms with Crippen LogP contribution in [-0.2, 0) is 12.8 Å². The Morgan fingerprint density at radius 2 is 1.88 bits per heavy atom. The van der Waals surface area contributed by atoms with Crippen LogP contribution in [0.3, 0.4) is 0 Å². The van der Waals surface area contributed by atoms with Gasteiger partial charge in [0.25, 0.3) is 5.91 Å². The SMILES string of the molecule is N#Cc1c(NC(=O)c2cccc3c(Br)cccc23)sc2c1CCCC2. The highest BCUT2D eigenvalue weighted by Crippen LogP contribution is 2.38. The molecule has 0 saturated heterocycles. The summed E-state index contributed by atoms with van der Waals surface area (Å²) >= 11 is 5.09. The summed E-state index contributed by atoms with van der Waals surface area (Å²) < 4.78 is 0.962. The molecule has 25 heavy (non-hydrogen) atoms. The second-order valence-electron chi connectivity index (χ2n) is 6.12. The van der Waals surface area contributed by atoms with Crippen LogP contribution in [0.25, 0.3) is 10.8 Å². The van der Waals surface area contributed by atoms with E-state index in [0.717, 1.165) is 46.5 Å². The molecule has 1 heterocycles. The van der Waals surface area contributed by atoms with Gasteiger partial charge in [-0.25, -0.2) is 0 Å². The van der Waals surface area contributed by atoms with E-state index in [1.807, 2.05) is 36.4 Å². The van der Waals surface area contributed by atoms with Crippen LogP contribution in [0, 0.1) is 11.3 Å². The van der Waals surface area contributed by atoms with Crippen LogP contribution in [0.1, 0.15) is 39.2 Å². The van der Waals surface area contributed by atoms with Gasteiger partial charge in [0.2, 0.25) is 0 Å². The second kappa shape index (κ2) is 6.62. The van der Waals surface area contributed by atoms with Crippen LogP contribution in [0.2, 0.25) is 0 Å². The quantitative estimate of drug-likeness (QED) is 0.591. The first-order valence-corrected chi connectivity index (χ1v) is 9.83. The molecule has 0 bridgehead atoms. The van der Waals surface area contributed by atoms with Gasteiger partial charge in [-0.15, -0.1) is 11.3 Å². The van der Waals surface area contributed by atoms with Gasteiger partial charge >= 0.3 is 0 Å². The standard InChI is InChI=1S/C20H15BrN2OS/c21-17-9-4-6-12-13(17)7-3-8-15(12)19(24)23-20-16(11-22)14-5-1-2-10-18(14)25-20/h3-4,6-9H,1-2,5,10H2,(H,23,24). The summed E-state index contributed by atoms with van der Waals surface area (Å²) in [5.74, 6) is -0.168. The number of anilines is 1. The summed E-state index contributed by atoms with van der Waals surface area (Å²) in [5, 5.41) is 15.1. The van der Waals surface area contributed by atoms with Crippen LogP contribution in [-0.4, -0.2) is 5.91 Å². The summed E-state index contributed by atoms with van der Waals surface area (Å²) in [6.45, 7) is 0. The number of nitrogens with one attached hydrogen (secondary N) is 1. The topological polar surface area (TPSA) is 52.9 Å². The van der Waals surface area contributed by atoms with Crippen molar-refractivity contribution in [1.29, 1.82) is 5.26 Å². The third-order valence-corrected chi connectivity index (χ3v) is 6.52. The molecule has 5 heteroatoms. The maximum absolute atomic E-state index is 12.9. The highest BCUT2D eigenvalue weighted by molar-refractivity contribution is 9.10. The largest absolute Gasteiger partial charge is 0.312 e. The lowest BCUT2D eigenvalue weighted by Crippen LogP contribution is -2.12. The Balaban J connectivity index is 1.74. The molecule has 0 radical (unpaired) electrons. The molecule has 2 aromatic carbocycles. The predicted molar refractivity (Wildman–Crippen MR) is 105 cm³/mol. The second-order valence-corrected chi connectivity index (χ2v) is 8.08. The number of halogens is 1. The van der Waals surface area contributed by atoms with Crippen molar-refractivity contribution in [1.82, 2.24) is 0 Å². The van der Waals surface area contributed by atoms with Crippen molar-refractivity contribution < 1.29 is 4.79 Å². The van der Waals surface area contributed by atoms with Crippen molar-refractivity contribution in [2.75, 3.05) is 5.32 Å². The number of fused-ring (bicyclic) bond motifs is 2. The van der Waals surface area contributed by atoms with Gasteiger partial charge in [0.15, 0.2) is 0 Å². The van der Waals surface area contributed by atoms with E-state index in [1.54, 1.807) is 11.3 Å². The van der Waals surface area contributed by atoms with Crippen molar-refractivity contribution >= 4 is 48.9 Å². The van der Waals surface area contributed by atoms with Gasteiger partial charge < -0.3 is 5.32 Å². The Bertz CT molecular complexity index is 1030. The molecule has 1 aromatic heterocycles. The summed E-state index contributed by atoms with van der Waals surface area (Å²) in [4.78, 5) is 14.1. The zero-order chi connectivity index (χ0) is 17.4. The fourth-order valence-electron chi connectivity index (χ4n) is 3.41. The Hall–Kier alpha value is -2.16. The molecule has 0 spiro atoms. The zero-order valence-corrected chi connectivity index (χ0v) is 15.8. The third kappa shape index (κ3) is 2.86. The summed E-state index contributed by atoms with van der Waals surface area (Å²) in [6, 6.07) is 13.8. The molecule has 4 rings (SSSR count). The van der Waals surface area contributed by atoms with Crippen LogP contribution in [0.5, 0.6) is 0 Å². The maximum atomic E-state index is 12.9. The van der Waals surface area contributed by atoms with Gasteiger partial charge in [-0.1, -0.05) is 40.2 Å². The number of benzene rings is 2. The molecule has 0 aliphatic heterocycles. The number of nitriles is 1. The Labute approximate surface area is 158 Å². The Kier molecular flexibility index (Phi) is 4.32. The van der Waals surface area contributed by atoms with E-state index in [9.17, 15) is 10.1 Å². The van der Waals surface area contributed by atoms with E-state index in [1.165, 1.54) is 4.88 Å². The monoisotopic (exact) mass is 410 g/mol. The minimum absolute atomic E-state index is 0.168. The van der Waals surface area contributed by atoms with Crippen LogP contribution in [0.4, 0.5) is 5.00 Å². The molecule has 3 nitrogen and oxygen atoms in total. The zero-order valence-electron chi connectivity index (χ0n) is 13.4. The molecule has 1 aliphatic carbocycles. The average molecular weight is 411 g/mol. The molecule has 3 aromatic rings. The molecule has 1 amide bonds. The fraction of sp³-hybridized carbons (Fsp3) is 0.200. The molecule has 1 N–H and O–H groups in total. The average Bonchev–Trinajstić information content (AvgIpc) is 2.98. The number of nitrogens with zero attached hydrogens (tertiary/aromatic N) is 1. The smallest absolute Gasteiger partial charge is 0.256 e. The van der Waals surface area contributed by atoms with Crippen LogP contribution >= 0.6 is 27.3 Å². The lowest BCUT2D eigenvalue weighted by atomic mass is 9.96. The van der Waals surface area contributed by atoms with Gasteiger partial charge in [-0.2, -0.15) is 5.26 Å². The molecule has 0 fully saturated rings. The van der Waals surface area contributed by atoms with E-state index in [4.69, 9.17) is 0 Å². The number of thiophene rings is 1. The van der Waals surface area contributed by atoms with Crippen LogP contribution in [0.15, 0.2) is 40.9 Å². The first-order valence-electron chi connectivity index (χ1n) is 8.22. The van der Waals surface area contributed by atoms with Crippen LogP contribution < -0.4 is 5.32 Å². The summed E-state index contributed by atoms with van der Waals surface area (Å²) in [7, 11) is 0. The molecule has 0 unspecified atom stereocenters. The number of carbonyl (C=O) groups is 1.